The topological polar surface area (TPSA) is 0 Å². The molecule has 0 N–H and O–H groups in total. The Kier molecular flexibility index (Phi) is 2.63. The Morgan fingerprint density at radius 2 is 1.64 bits per heavy atom. The third kappa shape index (κ3) is 2.22. The van der Waals surface area contributed by atoms with Crippen molar-refractivity contribution in [2.75, 3.05) is 0 Å². The van der Waals surface area contributed by atoms with Crippen molar-refractivity contribution in [3.8, 4) is 0 Å². The van der Waals surface area contributed by atoms with Crippen LogP contribution in [0.5, 0.6) is 0 Å². The van der Waals surface area contributed by atoms with Crippen LogP contribution >= 0.6 is 0 Å². The van der Waals surface area contributed by atoms with Crippen molar-refractivity contribution in [1.82, 2.24) is 0 Å². The van der Waals surface area contributed by atoms with Gasteiger partial charge in [-0.25, -0.2) is 0 Å². The van der Waals surface area contributed by atoms with Crippen molar-refractivity contribution in [2.45, 2.75) is 26.2 Å². The van der Waals surface area contributed by atoms with Crippen molar-refractivity contribution in [3.63, 3.8) is 0 Å². The summed E-state index contributed by atoms with van der Waals surface area (Å²) in [6.45, 7) is 6.78. The molecule has 11 heavy (non-hydrogen) atoms. The fourth-order valence-electron chi connectivity index (χ4n) is 1.14. The molecule has 0 amide bonds. The van der Waals surface area contributed by atoms with Crippen LogP contribution in [0.1, 0.15) is 26.3 Å². The van der Waals surface area contributed by atoms with Gasteiger partial charge in [0.05, 0.1) is 0 Å². The van der Waals surface area contributed by atoms with Crippen LogP contribution in [0.15, 0.2) is 24.3 Å². The molecule has 0 unspecified atom stereocenters. The van der Waals surface area contributed by atoms with Gasteiger partial charge >= 0.3 is 82.1 Å². The maximum absolute atomic E-state index is 2.26. The van der Waals surface area contributed by atoms with Gasteiger partial charge in [0.1, 0.15) is 0 Å². The van der Waals surface area contributed by atoms with E-state index in [1.165, 1.54) is 31.7 Å². The first-order valence-corrected chi connectivity index (χ1v) is 5.25. The third-order valence-corrected chi connectivity index (χ3v) is 2.98. The van der Waals surface area contributed by atoms with Crippen LogP contribution in [0.4, 0.5) is 0 Å². The first-order chi connectivity index (χ1) is 5.02. The normalized spacial score (nSPS) is 11.6. The van der Waals surface area contributed by atoms with Gasteiger partial charge in [0.2, 0.25) is 0 Å². The zero-order valence-corrected chi connectivity index (χ0v) is 10.2. The molecule has 0 aliphatic heterocycles. The second-order valence-electron chi connectivity index (χ2n) is 3.80. The molecule has 57 valence electrons. The van der Waals surface area contributed by atoms with Gasteiger partial charge < -0.3 is 0 Å². The predicted molar refractivity (Wildman–Crippen MR) is 50.5 cm³/mol. The van der Waals surface area contributed by atoms with Gasteiger partial charge in [0.15, 0.2) is 0 Å². The first kappa shape index (κ1) is 9.11. The Morgan fingerprint density at radius 3 is 2.00 bits per heavy atom. The molecule has 1 aromatic carbocycles. The van der Waals surface area contributed by atoms with E-state index in [0.717, 1.165) is 0 Å². The van der Waals surface area contributed by atoms with Gasteiger partial charge in [0.25, 0.3) is 0 Å². The molecule has 3 radical (unpaired) electrons. The SMILES string of the molecule is CC(C)(C)c1cccc[c]1[Sn]. The molecule has 1 heteroatoms. The molecule has 0 aliphatic carbocycles. The van der Waals surface area contributed by atoms with E-state index in [1.807, 2.05) is 0 Å². The molecule has 0 aliphatic rings. The van der Waals surface area contributed by atoms with E-state index in [4.69, 9.17) is 0 Å². The molecule has 0 aromatic heterocycles. The fraction of sp³-hybridized carbons (Fsp3) is 0.400. The molecule has 0 nitrogen and oxygen atoms in total. The van der Waals surface area contributed by atoms with E-state index in [1.54, 1.807) is 0 Å². The zero-order chi connectivity index (χ0) is 8.48. The van der Waals surface area contributed by atoms with Crippen LogP contribution in [0.2, 0.25) is 0 Å². The van der Waals surface area contributed by atoms with Crippen molar-refractivity contribution in [1.29, 1.82) is 0 Å². The number of rotatable bonds is 0. The number of hydrogen-bond acceptors (Lipinski definition) is 0. The predicted octanol–water partition coefficient (Wildman–Crippen LogP) is 1.78. The summed E-state index contributed by atoms with van der Waals surface area (Å²) < 4.78 is 1.48. The van der Waals surface area contributed by atoms with Crippen LogP contribution in [-0.2, 0) is 5.41 Å². The van der Waals surface area contributed by atoms with Gasteiger partial charge in [-0.15, -0.1) is 0 Å². The molecule has 1 rings (SSSR count). The molecule has 0 heterocycles. The van der Waals surface area contributed by atoms with E-state index in [9.17, 15) is 0 Å². The van der Waals surface area contributed by atoms with Crippen molar-refractivity contribution in [3.05, 3.63) is 29.8 Å². The van der Waals surface area contributed by atoms with E-state index in [0.29, 0.717) is 5.41 Å². The van der Waals surface area contributed by atoms with Crippen molar-refractivity contribution >= 4 is 26.1 Å². The summed E-state index contributed by atoms with van der Waals surface area (Å²) in [5, 5.41) is 0. The summed E-state index contributed by atoms with van der Waals surface area (Å²) in [6, 6.07) is 8.66. The second kappa shape index (κ2) is 3.18. The molecule has 0 bridgehead atoms. The Hall–Kier alpha value is 0.0187. The number of benzene rings is 1. The fourth-order valence-corrected chi connectivity index (χ4v) is 2.72. The summed E-state index contributed by atoms with van der Waals surface area (Å²) in [7, 11) is 0. The molecular formula is C10H13Sn. The minimum absolute atomic E-state index is 0.306. The van der Waals surface area contributed by atoms with E-state index >= 15 is 0 Å². The third-order valence-electron chi connectivity index (χ3n) is 1.74. The van der Waals surface area contributed by atoms with Crippen LogP contribution in [0.25, 0.3) is 0 Å². The maximum atomic E-state index is 2.26. The van der Waals surface area contributed by atoms with Crippen molar-refractivity contribution in [2.24, 2.45) is 0 Å². The van der Waals surface area contributed by atoms with Gasteiger partial charge in [-0.1, -0.05) is 0 Å². The van der Waals surface area contributed by atoms with Crippen LogP contribution in [0, 0.1) is 0 Å². The average molecular weight is 252 g/mol. The molecular weight excluding hydrogens is 239 g/mol. The molecule has 1 aromatic rings. The second-order valence-corrected chi connectivity index (χ2v) is 5.33. The van der Waals surface area contributed by atoms with Crippen LogP contribution in [-0.4, -0.2) is 22.5 Å². The summed E-state index contributed by atoms with van der Waals surface area (Å²) in [5.41, 5.74) is 1.79. The summed E-state index contributed by atoms with van der Waals surface area (Å²) >= 11 is 1.51. The van der Waals surface area contributed by atoms with Crippen LogP contribution in [0.3, 0.4) is 0 Å². The Morgan fingerprint density at radius 1 is 1.09 bits per heavy atom. The van der Waals surface area contributed by atoms with E-state index in [2.05, 4.69) is 45.0 Å². The quantitative estimate of drug-likeness (QED) is 0.617. The van der Waals surface area contributed by atoms with Crippen molar-refractivity contribution < 1.29 is 0 Å². The summed E-state index contributed by atoms with van der Waals surface area (Å²) in [5.74, 6) is 0. The Labute approximate surface area is 82.1 Å². The molecule has 0 spiro atoms. The van der Waals surface area contributed by atoms with Gasteiger partial charge in [-0.2, -0.15) is 0 Å². The summed E-state index contributed by atoms with van der Waals surface area (Å²) in [6.07, 6.45) is 0. The Bertz CT molecular complexity index is 245. The average Bonchev–Trinajstić information content (AvgIpc) is 1.86. The van der Waals surface area contributed by atoms with Crippen LogP contribution < -0.4 is 3.58 Å². The Balaban J connectivity index is 3.14. The standard InChI is InChI=1S/C10H13.Sn/c1-10(2,3)9-7-5-4-6-8-9;/h4-7H,1-3H3;. The molecule has 0 atom stereocenters. The van der Waals surface area contributed by atoms with E-state index in [-0.39, 0.29) is 0 Å². The minimum atomic E-state index is 0.306. The van der Waals surface area contributed by atoms with E-state index < -0.39 is 0 Å². The monoisotopic (exact) mass is 253 g/mol. The zero-order valence-electron chi connectivity index (χ0n) is 7.31. The first-order valence-electron chi connectivity index (χ1n) is 3.83. The van der Waals surface area contributed by atoms with Gasteiger partial charge in [0, 0.05) is 0 Å². The van der Waals surface area contributed by atoms with Gasteiger partial charge in [-0.3, -0.25) is 0 Å². The van der Waals surface area contributed by atoms with Gasteiger partial charge in [-0.05, 0) is 0 Å². The molecule has 0 saturated carbocycles. The summed E-state index contributed by atoms with van der Waals surface area (Å²) in [4.78, 5) is 0. The molecule has 0 fully saturated rings. The number of hydrogen-bond donors (Lipinski definition) is 0. The molecule has 0 saturated heterocycles.